The molecule has 1 atom stereocenters. The van der Waals surface area contributed by atoms with Crippen LogP contribution in [0.15, 0.2) is 5.38 Å². The fourth-order valence-corrected chi connectivity index (χ4v) is 3.19. The molecule has 0 aliphatic rings. The highest BCUT2D eigenvalue weighted by Gasteiger charge is 2.15. The highest BCUT2D eigenvalue weighted by atomic mass is 32.2. The number of nitrogens with one attached hydrogen (secondary N) is 1. The molecule has 0 aliphatic carbocycles. The highest BCUT2D eigenvalue weighted by Crippen LogP contribution is 2.11. The van der Waals surface area contributed by atoms with Gasteiger partial charge in [-0.05, 0) is 14.0 Å². The van der Waals surface area contributed by atoms with Crippen LogP contribution in [-0.4, -0.2) is 38.5 Å². The molecule has 0 amide bonds. The van der Waals surface area contributed by atoms with Gasteiger partial charge in [-0.25, -0.2) is 13.4 Å². The van der Waals surface area contributed by atoms with Crippen molar-refractivity contribution in [3.05, 3.63) is 16.1 Å². The van der Waals surface area contributed by atoms with Crippen molar-refractivity contribution < 1.29 is 8.42 Å². The Labute approximate surface area is 94.7 Å². The molecule has 0 saturated carbocycles. The molecule has 1 aromatic rings. The first-order valence-corrected chi connectivity index (χ1v) is 7.60. The molecule has 0 fully saturated rings. The SMILES string of the molecule is CNC(Cc1nc(C)cs1)CS(C)(=O)=O. The van der Waals surface area contributed by atoms with E-state index in [4.69, 9.17) is 0 Å². The average molecular weight is 248 g/mol. The fourth-order valence-electron chi connectivity index (χ4n) is 1.32. The third kappa shape index (κ3) is 4.72. The average Bonchev–Trinajstić information content (AvgIpc) is 2.47. The maximum absolute atomic E-state index is 11.1. The molecule has 0 saturated heterocycles. The maximum atomic E-state index is 11.1. The highest BCUT2D eigenvalue weighted by molar-refractivity contribution is 7.90. The van der Waals surface area contributed by atoms with Crippen LogP contribution in [0.1, 0.15) is 10.7 Å². The monoisotopic (exact) mass is 248 g/mol. The summed E-state index contributed by atoms with van der Waals surface area (Å²) >= 11 is 1.57. The molecular weight excluding hydrogens is 232 g/mol. The Balaban J connectivity index is 2.62. The molecule has 1 N–H and O–H groups in total. The predicted octanol–water partition coefficient (Wildman–Crippen LogP) is 0.627. The van der Waals surface area contributed by atoms with Gasteiger partial charge < -0.3 is 5.32 Å². The van der Waals surface area contributed by atoms with E-state index in [2.05, 4.69) is 10.3 Å². The van der Waals surface area contributed by atoms with E-state index >= 15 is 0 Å². The standard InChI is InChI=1S/C9H16N2O2S2/c1-7-5-14-9(11-7)4-8(10-2)6-15(3,12)13/h5,8,10H,4,6H2,1-3H3. The number of aryl methyl sites for hydroxylation is 1. The molecule has 0 spiro atoms. The molecule has 15 heavy (non-hydrogen) atoms. The Kier molecular flexibility index (Phi) is 4.24. The molecular formula is C9H16N2O2S2. The summed E-state index contributed by atoms with van der Waals surface area (Å²) in [5.74, 6) is 0.155. The Morgan fingerprint density at radius 3 is 2.67 bits per heavy atom. The number of hydrogen-bond donors (Lipinski definition) is 1. The number of nitrogens with zero attached hydrogens (tertiary/aromatic N) is 1. The summed E-state index contributed by atoms with van der Waals surface area (Å²) in [6, 6.07) is -0.0504. The van der Waals surface area contributed by atoms with Crippen LogP contribution in [0.3, 0.4) is 0 Å². The van der Waals surface area contributed by atoms with Crippen molar-refractivity contribution in [2.75, 3.05) is 19.1 Å². The quantitative estimate of drug-likeness (QED) is 0.830. The molecule has 1 heterocycles. The van der Waals surface area contributed by atoms with Crippen molar-refractivity contribution in [3.63, 3.8) is 0 Å². The van der Waals surface area contributed by atoms with Gasteiger partial charge in [0.05, 0.1) is 10.8 Å². The van der Waals surface area contributed by atoms with Gasteiger partial charge in [-0.1, -0.05) is 0 Å². The van der Waals surface area contributed by atoms with Crippen LogP contribution in [0.5, 0.6) is 0 Å². The van der Waals surface area contributed by atoms with Crippen molar-refractivity contribution >= 4 is 21.2 Å². The molecule has 1 aromatic heterocycles. The lowest BCUT2D eigenvalue weighted by Gasteiger charge is -2.12. The van der Waals surface area contributed by atoms with Gasteiger partial charge in [-0.15, -0.1) is 11.3 Å². The van der Waals surface area contributed by atoms with E-state index in [1.54, 1.807) is 18.4 Å². The zero-order chi connectivity index (χ0) is 11.5. The Morgan fingerprint density at radius 1 is 1.60 bits per heavy atom. The number of likely N-dealkylation sites (N-methyl/N-ethyl adjacent to an activating group) is 1. The summed E-state index contributed by atoms with van der Waals surface area (Å²) in [4.78, 5) is 4.31. The summed E-state index contributed by atoms with van der Waals surface area (Å²) in [7, 11) is -1.16. The topological polar surface area (TPSA) is 59.1 Å². The molecule has 6 heteroatoms. The largest absolute Gasteiger partial charge is 0.316 e. The lowest BCUT2D eigenvalue weighted by atomic mass is 10.2. The zero-order valence-corrected chi connectivity index (χ0v) is 10.8. The van der Waals surface area contributed by atoms with Crippen LogP contribution in [0.4, 0.5) is 0 Å². The van der Waals surface area contributed by atoms with Crippen molar-refractivity contribution in [3.8, 4) is 0 Å². The van der Waals surface area contributed by atoms with Crippen molar-refractivity contribution in [2.45, 2.75) is 19.4 Å². The third-order valence-electron chi connectivity index (χ3n) is 2.00. The van der Waals surface area contributed by atoms with Crippen molar-refractivity contribution in [1.29, 1.82) is 0 Å². The lowest BCUT2D eigenvalue weighted by Crippen LogP contribution is -2.34. The van der Waals surface area contributed by atoms with Crippen LogP contribution in [0.2, 0.25) is 0 Å². The van der Waals surface area contributed by atoms with E-state index in [9.17, 15) is 8.42 Å². The van der Waals surface area contributed by atoms with E-state index in [-0.39, 0.29) is 11.8 Å². The molecule has 86 valence electrons. The van der Waals surface area contributed by atoms with E-state index < -0.39 is 9.84 Å². The molecule has 0 bridgehead atoms. The minimum atomic E-state index is -2.93. The van der Waals surface area contributed by atoms with Crippen molar-refractivity contribution in [2.24, 2.45) is 0 Å². The molecule has 0 radical (unpaired) electrons. The second-order valence-electron chi connectivity index (χ2n) is 3.66. The number of aromatic nitrogens is 1. The first kappa shape index (κ1) is 12.6. The van der Waals surface area contributed by atoms with Crippen LogP contribution in [0.25, 0.3) is 0 Å². The minimum absolute atomic E-state index is 0.0504. The smallest absolute Gasteiger partial charge is 0.148 e. The minimum Gasteiger partial charge on any atom is -0.316 e. The second kappa shape index (κ2) is 5.05. The summed E-state index contributed by atoms with van der Waals surface area (Å²) in [5.41, 5.74) is 0.990. The predicted molar refractivity (Wildman–Crippen MR) is 63.1 cm³/mol. The lowest BCUT2D eigenvalue weighted by molar-refractivity contribution is 0.566. The fraction of sp³-hybridized carbons (Fsp3) is 0.667. The number of hydrogen-bond acceptors (Lipinski definition) is 5. The van der Waals surface area contributed by atoms with Crippen LogP contribution in [-0.2, 0) is 16.3 Å². The second-order valence-corrected chi connectivity index (χ2v) is 6.79. The Bertz CT molecular complexity index is 412. The van der Waals surface area contributed by atoms with E-state index in [1.807, 2.05) is 12.3 Å². The van der Waals surface area contributed by atoms with Gasteiger partial charge in [-0.3, -0.25) is 0 Å². The normalized spacial score (nSPS) is 14.1. The number of sulfone groups is 1. The summed E-state index contributed by atoms with van der Waals surface area (Å²) in [6.45, 7) is 1.94. The van der Waals surface area contributed by atoms with Crippen LogP contribution >= 0.6 is 11.3 Å². The molecule has 0 aromatic carbocycles. The summed E-state index contributed by atoms with van der Waals surface area (Å²) in [6.07, 6.45) is 1.92. The molecule has 1 rings (SSSR count). The summed E-state index contributed by atoms with van der Waals surface area (Å²) in [5, 5.41) is 5.96. The zero-order valence-electron chi connectivity index (χ0n) is 9.15. The number of rotatable bonds is 5. The van der Waals surface area contributed by atoms with Gasteiger partial charge in [0.25, 0.3) is 0 Å². The van der Waals surface area contributed by atoms with Gasteiger partial charge in [0.1, 0.15) is 9.84 Å². The van der Waals surface area contributed by atoms with Crippen LogP contribution < -0.4 is 5.32 Å². The third-order valence-corrected chi connectivity index (χ3v) is 4.00. The van der Waals surface area contributed by atoms with E-state index in [0.717, 1.165) is 10.7 Å². The first-order valence-electron chi connectivity index (χ1n) is 4.66. The van der Waals surface area contributed by atoms with Crippen molar-refractivity contribution in [1.82, 2.24) is 10.3 Å². The first-order chi connectivity index (χ1) is 6.90. The van der Waals surface area contributed by atoms with Gasteiger partial charge in [-0.2, -0.15) is 0 Å². The van der Waals surface area contributed by atoms with Gasteiger partial charge >= 0.3 is 0 Å². The van der Waals surface area contributed by atoms with Gasteiger partial charge in [0.2, 0.25) is 0 Å². The Morgan fingerprint density at radius 2 is 2.27 bits per heavy atom. The number of thiazole rings is 1. The summed E-state index contributed by atoms with van der Waals surface area (Å²) < 4.78 is 22.3. The molecule has 0 aliphatic heterocycles. The van der Waals surface area contributed by atoms with E-state index in [0.29, 0.717) is 6.42 Å². The van der Waals surface area contributed by atoms with E-state index in [1.165, 1.54) is 6.26 Å². The maximum Gasteiger partial charge on any atom is 0.148 e. The van der Waals surface area contributed by atoms with Gasteiger partial charge in [0, 0.05) is 29.8 Å². The van der Waals surface area contributed by atoms with Crippen LogP contribution in [0, 0.1) is 6.92 Å². The molecule has 1 unspecified atom stereocenters. The molecule has 4 nitrogen and oxygen atoms in total. The Hall–Kier alpha value is -0.460. The van der Waals surface area contributed by atoms with Gasteiger partial charge in [0.15, 0.2) is 0 Å².